The molecule has 5 N–H and O–H groups in total. The summed E-state index contributed by atoms with van der Waals surface area (Å²) in [7, 11) is 3.09. The molecule has 3 aromatic carbocycles. The van der Waals surface area contributed by atoms with Gasteiger partial charge in [0.25, 0.3) is 0 Å². The molecule has 0 unspecified atom stereocenters. The molecule has 0 spiro atoms. The molecule has 16 heteroatoms. The second kappa shape index (κ2) is 21.5. The summed E-state index contributed by atoms with van der Waals surface area (Å²) in [5, 5.41) is 31.5. The van der Waals surface area contributed by atoms with Crippen molar-refractivity contribution in [2.24, 2.45) is 15.2 Å². The van der Waals surface area contributed by atoms with Gasteiger partial charge in [0.15, 0.2) is 18.3 Å². The molecule has 0 radical (unpaired) electrons. The summed E-state index contributed by atoms with van der Waals surface area (Å²) >= 11 is 0. The molecule has 0 aliphatic carbocycles. The highest BCUT2D eigenvalue weighted by Gasteiger charge is 2.08. The quantitative estimate of drug-likeness (QED) is 0.143. The molecular weight excluding hydrogens is 628 g/mol. The van der Waals surface area contributed by atoms with Crippen LogP contribution in [-0.2, 0) is 4.79 Å². The molecular formula is C33H44N12O4. The van der Waals surface area contributed by atoms with Gasteiger partial charge in [-0.25, -0.2) is 19.3 Å². The molecule has 260 valence electrons. The minimum absolute atomic E-state index is 0. The molecule has 16 nitrogen and oxygen atoms in total. The standard InChI is InChI=1S/C11H12N4O.C11H14N2O2.C9H10N6O.2CH4/c1-2-10(16)14-9-5-3-4-8(6-9)11-12-7-13-15-11;1-3-10(14)8-5-4-6-9(7-8)13-11(15)12-2;1-10-9(16)12-7-3-2-4-8(5-7)15-6-11-13-14-15;;/h3-6H,2,7H2,1H3,(H,14,16);4-7H,3H2,1-2H3,(H2,12,13,15);2-6H,1H3,(H2,10,12,16);2*1H4. The van der Waals surface area contributed by atoms with Crippen molar-refractivity contribution in [2.45, 2.75) is 41.5 Å². The number of rotatable bonds is 8. The van der Waals surface area contributed by atoms with Crippen LogP contribution in [0.1, 0.15) is 57.5 Å². The third-order valence-electron chi connectivity index (χ3n) is 6.11. The first-order chi connectivity index (χ1) is 22.8. The van der Waals surface area contributed by atoms with Crippen molar-refractivity contribution in [1.29, 1.82) is 0 Å². The number of hydrogen-bond donors (Lipinski definition) is 5. The number of nitrogens with one attached hydrogen (secondary N) is 5. The Morgan fingerprint density at radius 2 is 1.37 bits per heavy atom. The summed E-state index contributed by atoms with van der Waals surface area (Å²) < 4.78 is 1.51. The van der Waals surface area contributed by atoms with E-state index in [0.717, 1.165) is 16.9 Å². The van der Waals surface area contributed by atoms with Crippen molar-refractivity contribution >= 4 is 46.7 Å². The number of amidine groups is 1. The number of benzene rings is 3. The van der Waals surface area contributed by atoms with Crippen LogP contribution in [0.3, 0.4) is 0 Å². The van der Waals surface area contributed by atoms with E-state index in [1.165, 1.54) is 18.1 Å². The van der Waals surface area contributed by atoms with Crippen LogP contribution in [0.5, 0.6) is 0 Å². The Balaban J connectivity index is 0.000000361. The van der Waals surface area contributed by atoms with E-state index in [1.54, 1.807) is 50.4 Å². The smallest absolute Gasteiger partial charge is 0.318 e. The number of carbonyl (C=O) groups is 4. The van der Waals surface area contributed by atoms with E-state index in [2.05, 4.69) is 57.3 Å². The molecule has 49 heavy (non-hydrogen) atoms. The van der Waals surface area contributed by atoms with Crippen LogP contribution in [0.25, 0.3) is 5.69 Å². The Morgan fingerprint density at radius 3 is 1.92 bits per heavy atom. The highest BCUT2D eigenvalue weighted by atomic mass is 16.2. The molecule has 0 saturated carbocycles. The summed E-state index contributed by atoms with van der Waals surface area (Å²) in [4.78, 5) is 48.9. The Hall–Kier alpha value is -6.32. The maximum atomic E-state index is 11.4. The predicted octanol–water partition coefficient (Wildman–Crippen LogP) is 5.92. The van der Waals surface area contributed by atoms with E-state index >= 15 is 0 Å². The number of carbonyl (C=O) groups excluding carboxylic acids is 4. The minimum atomic E-state index is -0.295. The molecule has 5 amide bonds. The van der Waals surface area contributed by atoms with Gasteiger partial charge < -0.3 is 26.6 Å². The molecule has 2 heterocycles. The van der Waals surface area contributed by atoms with Crippen molar-refractivity contribution in [3.8, 4) is 5.69 Å². The van der Waals surface area contributed by atoms with Gasteiger partial charge in [-0.3, -0.25) is 9.59 Å². The first-order valence-electron chi connectivity index (χ1n) is 14.5. The van der Waals surface area contributed by atoms with Crippen LogP contribution in [0.4, 0.5) is 26.7 Å². The Morgan fingerprint density at radius 1 is 0.755 bits per heavy atom. The normalized spacial score (nSPS) is 10.6. The number of aliphatic imine (C=N–C) groups is 1. The fourth-order valence-electron chi connectivity index (χ4n) is 3.73. The number of aromatic nitrogens is 4. The number of ketones is 1. The summed E-state index contributed by atoms with van der Waals surface area (Å²) in [5.74, 6) is 0.676. The SMILES string of the molecule is C.C.CCC(=O)Nc1cccc(C2=NCN=N2)c1.CCC(=O)c1cccc(NC(=O)NC)c1.CNC(=O)Nc1cccc(-n2cnnn2)c1. The number of tetrazole rings is 1. The van der Waals surface area contributed by atoms with Gasteiger partial charge >= 0.3 is 12.1 Å². The number of azo groups is 1. The van der Waals surface area contributed by atoms with Gasteiger partial charge in [0.2, 0.25) is 5.91 Å². The Labute approximate surface area is 285 Å². The lowest BCUT2D eigenvalue weighted by molar-refractivity contribution is -0.115. The largest absolute Gasteiger partial charge is 0.341 e. The zero-order valence-corrected chi connectivity index (χ0v) is 26.4. The number of anilines is 3. The molecule has 1 aromatic heterocycles. The van der Waals surface area contributed by atoms with Crippen LogP contribution in [0, 0.1) is 0 Å². The van der Waals surface area contributed by atoms with Gasteiger partial charge in [-0.1, -0.05) is 59.0 Å². The lowest BCUT2D eigenvalue weighted by atomic mass is 10.1. The number of Topliss-reactive ketones (excluding diaryl/α,β-unsaturated/α-hetero) is 1. The van der Waals surface area contributed by atoms with E-state index in [1.807, 2.05) is 43.3 Å². The molecule has 4 aromatic rings. The number of urea groups is 2. The van der Waals surface area contributed by atoms with Crippen LogP contribution < -0.4 is 26.6 Å². The molecule has 5 rings (SSSR count). The average Bonchev–Trinajstić information content (AvgIpc) is 3.85. The number of amides is 5. The second-order valence-electron chi connectivity index (χ2n) is 9.42. The van der Waals surface area contributed by atoms with E-state index in [4.69, 9.17) is 0 Å². The van der Waals surface area contributed by atoms with E-state index < -0.39 is 0 Å². The van der Waals surface area contributed by atoms with Gasteiger partial charge in [0.1, 0.15) is 6.33 Å². The maximum Gasteiger partial charge on any atom is 0.318 e. The van der Waals surface area contributed by atoms with Crippen LogP contribution in [0.2, 0.25) is 0 Å². The molecule has 0 atom stereocenters. The van der Waals surface area contributed by atoms with Gasteiger partial charge in [0.05, 0.1) is 5.69 Å². The van der Waals surface area contributed by atoms with Crippen molar-refractivity contribution < 1.29 is 19.2 Å². The Bertz CT molecular complexity index is 1720. The van der Waals surface area contributed by atoms with Crippen molar-refractivity contribution in [3.05, 3.63) is 90.3 Å². The van der Waals surface area contributed by atoms with E-state index in [9.17, 15) is 19.2 Å². The van der Waals surface area contributed by atoms with Crippen LogP contribution in [0.15, 0.2) is 94.3 Å². The van der Waals surface area contributed by atoms with Crippen molar-refractivity contribution in [1.82, 2.24) is 30.8 Å². The van der Waals surface area contributed by atoms with Crippen molar-refractivity contribution in [2.75, 3.05) is 36.7 Å². The van der Waals surface area contributed by atoms with E-state index in [0.29, 0.717) is 42.3 Å². The maximum absolute atomic E-state index is 11.4. The monoisotopic (exact) mass is 672 g/mol. The van der Waals surface area contributed by atoms with Gasteiger partial charge in [-0.05, 0) is 52.9 Å². The van der Waals surface area contributed by atoms with Gasteiger partial charge in [-0.15, -0.1) is 10.2 Å². The first kappa shape index (κ1) is 40.7. The van der Waals surface area contributed by atoms with Gasteiger partial charge in [0, 0.05) is 55.1 Å². The summed E-state index contributed by atoms with van der Waals surface area (Å²) in [5.41, 5.74) is 4.32. The number of hydrogen-bond acceptors (Lipinski definition) is 10. The summed E-state index contributed by atoms with van der Waals surface area (Å²) in [6, 6.07) is 21.0. The fourth-order valence-corrected chi connectivity index (χ4v) is 3.73. The topological polar surface area (TPSA) is 209 Å². The Kier molecular flexibility index (Phi) is 17.8. The highest BCUT2D eigenvalue weighted by molar-refractivity contribution is 6.01. The molecule has 0 fully saturated rings. The lowest BCUT2D eigenvalue weighted by Gasteiger charge is -2.05. The molecule has 0 bridgehead atoms. The highest BCUT2D eigenvalue weighted by Crippen LogP contribution is 2.15. The summed E-state index contributed by atoms with van der Waals surface area (Å²) in [6.07, 6.45) is 2.41. The fraction of sp³-hybridized carbons (Fsp3) is 0.273. The third kappa shape index (κ3) is 13.5. The van der Waals surface area contributed by atoms with Crippen LogP contribution in [-0.4, -0.2) is 70.6 Å². The van der Waals surface area contributed by atoms with Gasteiger partial charge in [-0.2, -0.15) is 5.11 Å². The predicted molar refractivity (Wildman–Crippen MR) is 191 cm³/mol. The van der Waals surface area contributed by atoms with Crippen LogP contribution >= 0.6 is 0 Å². The second-order valence-corrected chi connectivity index (χ2v) is 9.42. The lowest BCUT2D eigenvalue weighted by Crippen LogP contribution is -2.24. The zero-order chi connectivity index (χ0) is 34.0. The summed E-state index contributed by atoms with van der Waals surface area (Å²) in [6.45, 7) is 4.01. The minimum Gasteiger partial charge on any atom is -0.341 e. The van der Waals surface area contributed by atoms with Crippen molar-refractivity contribution in [3.63, 3.8) is 0 Å². The van der Waals surface area contributed by atoms with E-state index in [-0.39, 0.29) is 38.6 Å². The zero-order valence-electron chi connectivity index (χ0n) is 26.4. The molecule has 1 aliphatic heterocycles. The molecule has 0 saturated heterocycles. The first-order valence-corrected chi connectivity index (χ1v) is 14.5. The average molecular weight is 673 g/mol. The third-order valence-corrected chi connectivity index (χ3v) is 6.11. The number of nitrogens with zero attached hydrogens (tertiary/aromatic N) is 7. The molecule has 1 aliphatic rings.